The summed E-state index contributed by atoms with van der Waals surface area (Å²) in [6.07, 6.45) is 0. The lowest BCUT2D eigenvalue weighted by Crippen LogP contribution is -2.12. The number of fused-ring (bicyclic) bond motifs is 1. The van der Waals surface area contributed by atoms with Gasteiger partial charge in [-0.25, -0.2) is 4.98 Å². The molecule has 1 aromatic heterocycles. The Morgan fingerprint density at radius 3 is 2.77 bits per heavy atom. The van der Waals surface area contributed by atoms with Crippen molar-refractivity contribution in [2.45, 2.75) is 6.92 Å². The summed E-state index contributed by atoms with van der Waals surface area (Å²) in [5.41, 5.74) is 2.24. The van der Waals surface area contributed by atoms with Crippen LogP contribution in [0, 0.1) is 6.92 Å². The normalized spacial score (nSPS) is 12.1. The number of aryl methyl sites for hydroxylation is 1. The molecule has 0 saturated carbocycles. The molecule has 1 N–H and O–H groups in total. The van der Waals surface area contributed by atoms with Crippen LogP contribution in [0.4, 0.5) is 5.13 Å². The standard InChI is InChI=1S/C19H16N2O4S/c1-11-16(12-6-8-13(23-2)9-7-12)20-19(26-11)21-18(22)14-4-3-5-15-17(14)25-10-24-15/h3-9H,10H2,1-2H3,(H,20,21,22). The molecule has 26 heavy (non-hydrogen) atoms. The quantitative estimate of drug-likeness (QED) is 0.750. The molecule has 6 nitrogen and oxygen atoms in total. The number of ether oxygens (including phenoxy) is 3. The van der Waals surface area contributed by atoms with Gasteiger partial charge in [-0.2, -0.15) is 0 Å². The third-order valence-corrected chi connectivity index (χ3v) is 4.91. The SMILES string of the molecule is COc1ccc(-c2nc(NC(=O)c3cccc4c3OCO4)sc2C)cc1. The van der Waals surface area contributed by atoms with Crippen molar-refractivity contribution in [1.29, 1.82) is 0 Å². The molecule has 1 amide bonds. The van der Waals surface area contributed by atoms with Crippen LogP contribution in [-0.4, -0.2) is 24.8 Å². The summed E-state index contributed by atoms with van der Waals surface area (Å²) in [7, 11) is 1.63. The number of anilines is 1. The van der Waals surface area contributed by atoms with Crippen LogP contribution in [0.5, 0.6) is 17.2 Å². The highest BCUT2D eigenvalue weighted by Crippen LogP contribution is 2.36. The monoisotopic (exact) mass is 368 g/mol. The van der Waals surface area contributed by atoms with Crippen molar-refractivity contribution in [3.05, 3.63) is 52.9 Å². The van der Waals surface area contributed by atoms with E-state index in [-0.39, 0.29) is 12.7 Å². The van der Waals surface area contributed by atoms with E-state index in [0.717, 1.165) is 21.9 Å². The van der Waals surface area contributed by atoms with Crippen molar-refractivity contribution >= 4 is 22.4 Å². The first-order chi connectivity index (χ1) is 12.7. The van der Waals surface area contributed by atoms with Crippen molar-refractivity contribution in [3.63, 3.8) is 0 Å². The zero-order valence-electron chi connectivity index (χ0n) is 14.2. The van der Waals surface area contributed by atoms with Gasteiger partial charge >= 0.3 is 0 Å². The number of amides is 1. The third-order valence-electron chi connectivity index (χ3n) is 4.02. The molecule has 7 heteroatoms. The van der Waals surface area contributed by atoms with E-state index in [4.69, 9.17) is 14.2 Å². The molecule has 4 rings (SSSR count). The molecule has 0 unspecified atom stereocenters. The third kappa shape index (κ3) is 2.97. The van der Waals surface area contributed by atoms with Crippen molar-refractivity contribution in [1.82, 2.24) is 4.98 Å². The number of methoxy groups -OCH3 is 1. The zero-order valence-corrected chi connectivity index (χ0v) is 15.1. The molecule has 132 valence electrons. The summed E-state index contributed by atoms with van der Waals surface area (Å²) in [6, 6.07) is 12.9. The zero-order chi connectivity index (χ0) is 18.1. The molecule has 2 aromatic carbocycles. The molecule has 1 aliphatic heterocycles. The first-order valence-corrected chi connectivity index (χ1v) is 8.79. The van der Waals surface area contributed by atoms with Crippen LogP contribution in [0.1, 0.15) is 15.2 Å². The number of hydrogen-bond acceptors (Lipinski definition) is 6. The van der Waals surface area contributed by atoms with E-state index in [9.17, 15) is 4.79 Å². The lowest BCUT2D eigenvalue weighted by molar-refractivity contribution is 0.102. The topological polar surface area (TPSA) is 69.7 Å². The van der Waals surface area contributed by atoms with Gasteiger partial charge in [0.05, 0.1) is 18.4 Å². The summed E-state index contributed by atoms with van der Waals surface area (Å²) in [6.45, 7) is 2.10. The first-order valence-electron chi connectivity index (χ1n) is 7.97. The second-order valence-electron chi connectivity index (χ2n) is 5.65. The van der Waals surface area contributed by atoms with Gasteiger partial charge in [0.15, 0.2) is 16.6 Å². The smallest absolute Gasteiger partial charge is 0.261 e. The fourth-order valence-corrected chi connectivity index (χ4v) is 3.57. The number of carbonyl (C=O) groups excluding carboxylic acids is 1. The molecular formula is C19H16N2O4S. The maximum absolute atomic E-state index is 12.6. The Bertz CT molecular complexity index is 966. The summed E-state index contributed by atoms with van der Waals surface area (Å²) in [4.78, 5) is 18.2. The average molecular weight is 368 g/mol. The fourth-order valence-electron chi connectivity index (χ4n) is 2.74. The van der Waals surface area contributed by atoms with Gasteiger partial charge < -0.3 is 14.2 Å². The maximum atomic E-state index is 12.6. The van der Waals surface area contributed by atoms with Crippen molar-refractivity contribution in [3.8, 4) is 28.5 Å². The number of para-hydroxylation sites is 1. The molecule has 0 atom stereocenters. The maximum Gasteiger partial charge on any atom is 0.261 e. The van der Waals surface area contributed by atoms with E-state index in [1.807, 2.05) is 31.2 Å². The minimum Gasteiger partial charge on any atom is -0.497 e. The average Bonchev–Trinajstić information content (AvgIpc) is 3.28. The van der Waals surface area contributed by atoms with Gasteiger partial charge in [0.25, 0.3) is 5.91 Å². The van der Waals surface area contributed by atoms with Gasteiger partial charge in [-0.3, -0.25) is 10.1 Å². The molecule has 0 bridgehead atoms. The van der Waals surface area contributed by atoms with Crippen molar-refractivity contribution < 1.29 is 19.0 Å². The number of aromatic nitrogens is 1. The molecule has 3 aromatic rings. The summed E-state index contributed by atoms with van der Waals surface area (Å²) >= 11 is 1.43. The Labute approximate surface area is 154 Å². The molecular weight excluding hydrogens is 352 g/mol. The van der Waals surface area contributed by atoms with E-state index in [0.29, 0.717) is 22.2 Å². The van der Waals surface area contributed by atoms with Gasteiger partial charge in [0.2, 0.25) is 6.79 Å². The molecule has 2 heterocycles. The van der Waals surface area contributed by atoms with Crippen LogP contribution in [0.2, 0.25) is 0 Å². The van der Waals surface area contributed by atoms with Crippen molar-refractivity contribution in [2.75, 3.05) is 19.2 Å². The summed E-state index contributed by atoms with van der Waals surface area (Å²) < 4.78 is 15.9. The van der Waals surface area contributed by atoms with Crippen LogP contribution >= 0.6 is 11.3 Å². The van der Waals surface area contributed by atoms with Crippen LogP contribution < -0.4 is 19.5 Å². The molecule has 1 aliphatic rings. The molecule has 0 fully saturated rings. The Kier molecular flexibility index (Phi) is 4.22. The Balaban J connectivity index is 1.58. The van der Waals surface area contributed by atoms with E-state index in [2.05, 4.69) is 10.3 Å². The summed E-state index contributed by atoms with van der Waals surface area (Å²) in [5.74, 6) is 1.55. The largest absolute Gasteiger partial charge is 0.497 e. The number of carbonyl (C=O) groups is 1. The molecule has 0 spiro atoms. The van der Waals surface area contributed by atoms with Gasteiger partial charge in [-0.1, -0.05) is 6.07 Å². The van der Waals surface area contributed by atoms with E-state index >= 15 is 0 Å². The van der Waals surface area contributed by atoms with E-state index in [1.165, 1.54) is 11.3 Å². The first kappa shape index (κ1) is 16.4. The van der Waals surface area contributed by atoms with E-state index < -0.39 is 0 Å². The number of nitrogens with zero attached hydrogens (tertiary/aromatic N) is 1. The highest BCUT2D eigenvalue weighted by molar-refractivity contribution is 7.16. The van der Waals surface area contributed by atoms with Gasteiger partial charge in [0, 0.05) is 10.4 Å². The number of nitrogens with one attached hydrogen (secondary N) is 1. The van der Waals surface area contributed by atoms with Gasteiger partial charge in [-0.05, 0) is 43.3 Å². The number of thiazole rings is 1. The molecule has 0 aliphatic carbocycles. The van der Waals surface area contributed by atoms with Gasteiger partial charge in [0.1, 0.15) is 5.75 Å². The van der Waals surface area contributed by atoms with Crippen LogP contribution in [0.15, 0.2) is 42.5 Å². The van der Waals surface area contributed by atoms with Crippen LogP contribution in [0.25, 0.3) is 11.3 Å². The number of rotatable bonds is 4. The van der Waals surface area contributed by atoms with Gasteiger partial charge in [-0.15, -0.1) is 11.3 Å². The second kappa shape index (κ2) is 6.68. The minimum absolute atomic E-state index is 0.123. The number of hydrogen-bond donors (Lipinski definition) is 1. The van der Waals surface area contributed by atoms with Crippen LogP contribution in [0.3, 0.4) is 0 Å². The lowest BCUT2D eigenvalue weighted by atomic mass is 10.1. The second-order valence-corrected chi connectivity index (χ2v) is 6.85. The Morgan fingerprint density at radius 1 is 1.19 bits per heavy atom. The lowest BCUT2D eigenvalue weighted by Gasteiger charge is -2.05. The predicted molar refractivity (Wildman–Crippen MR) is 99.4 cm³/mol. The van der Waals surface area contributed by atoms with Crippen LogP contribution in [-0.2, 0) is 0 Å². The van der Waals surface area contributed by atoms with E-state index in [1.54, 1.807) is 25.3 Å². The molecule has 0 saturated heterocycles. The van der Waals surface area contributed by atoms with Crippen molar-refractivity contribution in [2.24, 2.45) is 0 Å². The number of benzene rings is 2. The molecule has 0 radical (unpaired) electrons. The Hall–Kier alpha value is -3.06. The minimum atomic E-state index is -0.276. The highest BCUT2D eigenvalue weighted by Gasteiger charge is 2.22. The summed E-state index contributed by atoms with van der Waals surface area (Å²) in [5, 5.41) is 3.39. The fraction of sp³-hybridized carbons (Fsp3) is 0.158. The highest BCUT2D eigenvalue weighted by atomic mass is 32.1. The predicted octanol–water partition coefficient (Wildman–Crippen LogP) is 4.11. The Morgan fingerprint density at radius 2 is 2.00 bits per heavy atom.